The minimum Gasteiger partial charge on any atom is -0.344 e. The number of hydrogen-bond acceptors (Lipinski definition) is 1. The summed E-state index contributed by atoms with van der Waals surface area (Å²) in [6.45, 7) is 0. The van der Waals surface area contributed by atoms with E-state index in [9.17, 15) is 0 Å². The van der Waals surface area contributed by atoms with Crippen molar-refractivity contribution in [3.63, 3.8) is 0 Å². The molecule has 7 heavy (non-hydrogen) atoms. The average molecular weight is 228 g/mol. The van der Waals surface area contributed by atoms with Gasteiger partial charge in [0.05, 0.1) is 0 Å². The first-order valence-electron chi connectivity index (χ1n) is 1.91. The van der Waals surface area contributed by atoms with Gasteiger partial charge in [-0.3, -0.25) is 0 Å². The van der Waals surface area contributed by atoms with Crippen molar-refractivity contribution >= 4 is 31.9 Å². The van der Waals surface area contributed by atoms with Gasteiger partial charge in [0, 0.05) is 0 Å². The quantitative estimate of drug-likeness (QED) is 0.455. The van der Waals surface area contributed by atoms with Crippen LogP contribution in [0.3, 0.4) is 0 Å². The third-order valence-corrected chi connectivity index (χ3v) is 1.72. The molecule has 0 fully saturated rings. The normalized spacial score (nSPS) is 39.7. The van der Waals surface area contributed by atoms with Crippen LogP contribution in [0.15, 0.2) is 12.2 Å². The lowest BCUT2D eigenvalue weighted by atomic mass is 10.6. The topological polar surface area (TPSA) is 9.23 Å². The summed E-state index contributed by atoms with van der Waals surface area (Å²) in [7, 11) is 0. The summed E-state index contributed by atoms with van der Waals surface area (Å²) < 4.78 is 5.08. The molecular weight excluding hydrogens is 224 g/mol. The molecule has 0 aromatic carbocycles. The molecule has 0 saturated heterocycles. The van der Waals surface area contributed by atoms with E-state index in [0.29, 0.717) is 0 Å². The van der Waals surface area contributed by atoms with E-state index in [4.69, 9.17) is 4.74 Å². The average Bonchev–Trinajstić information content (AvgIpc) is 1.87. The molecule has 0 spiro atoms. The van der Waals surface area contributed by atoms with Gasteiger partial charge in [-0.1, -0.05) is 31.9 Å². The van der Waals surface area contributed by atoms with Gasteiger partial charge in [-0.05, 0) is 12.2 Å². The monoisotopic (exact) mass is 226 g/mol. The van der Waals surface area contributed by atoms with E-state index in [1.54, 1.807) is 0 Å². The predicted octanol–water partition coefficient (Wildman–Crippen LogP) is 2.01. The van der Waals surface area contributed by atoms with Crippen LogP contribution < -0.4 is 0 Å². The molecule has 0 N–H and O–H groups in total. The summed E-state index contributed by atoms with van der Waals surface area (Å²) in [6.07, 6.45) is 3.89. The third-order valence-electron chi connectivity index (χ3n) is 0.674. The van der Waals surface area contributed by atoms with Crippen LogP contribution >= 0.6 is 31.9 Å². The van der Waals surface area contributed by atoms with Gasteiger partial charge in [0.25, 0.3) is 0 Å². The Morgan fingerprint density at radius 1 is 1.14 bits per heavy atom. The molecule has 0 aromatic heterocycles. The summed E-state index contributed by atoms with van der Waals surface area (Å²) in [5, 5.41) is 0.216. The molecule has 1 heterocycles. The van der Waals surface area contributed by atoms with E-state index in [1.807, 2.05) is 12.2 Å². The Morgan fingerprint density at radius 2 is 1.57 bits per heavy atom. The van der Waals surface area contributed by atoms with Crippen molar-refractivity contribution in [3.8, 4) is 0 Å². The summed E-state index contributed by atoms with van der Waals surface area (Å²) in [6, 6.07) is 0. The van der Waals surface area contributed by atoms with Gasteiger partial charge in [-0.2, -0.15) is 0 Å². The zero-order valence-electron chi connectivity index (χ0n) is 3.47. The number of rotatable bonds is 0. The Morgan fingerprint density at radius 3 is 1.71 bits per heavy atom. The molecule has 0 saturated carbocycles. The zero-order valence-corrected chi connectivity index (χ0v) is 6.65. The predicted molar refractivity (Wildman–Crippen MR) is 35.7 cm³/mol. The van der Waals surface area contributed by atoms with Gasteiger partial charge in [-0.25, -0.2) is 0 Å². The van der Waals surface area contributed by atoms with Gasteiger partial charge < -0.3 is 4.74 Å². The number of ether oxygens (including phenoxy) is 1. The van der Waals surface area contributed by atoms with Gasteiger partial charge in [-0.15, -0.1) is 0 Å². The van der Waals surface area contributed by atoms with Crippen LogP contribution in [0.5, 0.6) is 0 Å². The molecule has 0 bridgehead atoms. The van der Waals surface area contributed by atoms with Crippen molar-refractivity contribution in [2.24, 2.45) is 0 Å². The Bertz CT molecular complexity index is 81.7. The van der Waals surface area contributed by atoms with E-state index < -0.39 is 0 Å². The molecule has 0 radical (unpaired) electrons. The largest absolute Gasteiger partial charge is 0.344 e. The first kappa shape index (κ1) is 5.79. The maximum absolute atomic E-state index is 5.08. The van der Waals surface area contributed by atoms with Crippen LogP contribution in [-0.4, -0.2) is 10.0 Å². The van der Waals surface area contributed by atoms with Crippen LogP contribution in [0, 0.1) is 0 Å². The molecule has 3 heteroatoms. The summed E-state index contributed by atoms with van der Waals surface area (Å²) >= 11 is 6.48. The summed E-state index contributed by atoms with van der Waals surface area (Å²) in [4.78, 5) is 0. The SMILES string of the molecule is BrC1C=CC(Br)O1. The lowest BCUT2D eigenvalue weighted by Crippen LogP contribution is -1.97. The maximum Gasteiger partial charge on any atom is 0.132 e. The van der Waals surface area contributed by atoms with Gasteiger partial charge in [0.15, 0.2) is 0 Å². The van der Waals surface area contributed by atoms with Crippen molar-refractivity contribution in [3.05, 3.63) is 12.2 Å². The fraction of sp³-hybridized carbons (Fsp3) is 0.500. The van der Waals surface area contributed by atoms with Crippen molar-refractivity contribution in [1.82, 2.24) is 0 Å². The molecule has 0 aliphatic carbocycles. The van der Waals surface area contributed by atoms with Crippen molar-refractivity contribution in [2.75, 3.05) is 0 Å². The molecular formula is C4H4Br2O. The van der Waals surface area contributed by atoms with Gasteiger partial charge in [0.2, 0.25) is 0 Å². The fourth-order valence-electron chi connectivity index (χ4n) is 0.390. The van der Waals surface area contributed by atoms with Crippen molar-refractivity contribution in [1.29, 1.82) is 0 Å². The molecule has 2 unspecified atom stereocenters. The van der Waals surface area contributed by atoms with Crippen LogP contribution in [0.25, 0.3) is 0 Å². The second-order valence-corrected chi connectivity index (χ2v) is 3.03. The highest BCUT2D eigenvalue weighted by Crippen LogP contribution is 2.19. The van der Waals surface area contributed by atoms with E-state index in [0.717, 1.165) is 0 Å². The Labute approximate surface area is 59.0 Å². The highest BCUT2D eigenvalue weighted by atomic mass is 79.9. The molecule has 2 atom stereocenters. The molecule has 1 aliphatic heterocycles. The van der Waals surface area contributed by atoms with Crippen LogP contribution in [0.1, 0.15) is 0 Å². The van der Waals surface area contributed by atoms with Crippen molar-refractivity contribution < 1.29 is 4.74 Å². The molecule has 40 valence electrons. The minimum absolute atomic E-state index is 0.108. The second-order valence-electron chi connectivity index (χ2n) is 1.22. The first-order valence-corrected chi connectivity index (χ1v) is 3.74. The first-order chi connectivity index (χ1) is 3.29. The van der Waals surface area contributed by atoms with E-state index in [1.165, 1.54) is 0 Å². The number of halogens is 2. The van der Waals surface area contributed by atoms with E-state index >= 15 is 0 Å². The fourth-order valence-corrected chi connectivity index (χ4v) is 1.50. The molecule has 1 nitrogen and oxygen atoms in total. The molecule has 1 rings (SSSR count). The minimum atomic E-state index is 0.108. The number of alkyl halides is 2. The standard InChI is InChI=1S/C4H4Br2O/c5-3-1-2-4(6)7-3/h1-4H. The van der Waals surface area contributed by atoms with Gasteiger partial charge in [0.1, 0.15) is 10.0 Å². The highest BCUT2D eigenvalue weighted by molar-refractivity contribution is 9.10. The van der Waals surface area contributed by atoms with Crippen molar-refractivity contribution in [2.45, 2.75) is 10.0 Å². The van der Waals surface area contributed by atoms with Crippen LogP contribution in [0.4, 0.5) is 0 Å². The second kappa shape index (κ2) is 2.29. The summed E-state index contributed by atoms with van der Waals surface area (Å²) in [5.41, 5.74) is 0. The Kier molecular flexibility index (Phi) is 1.89. The van der Waals surface area contributed by atoms with Crippen LogP contribution in [-0.2, 0) is 4.74 Å². The zero-order chi connectivity index (χ0) is 5.28. The maximum atomic E-state index is 5.08. The van der Waals surface area contributed by atoms with Crippen LogP contribution in [0.2, 0.25) is 0 Å². The van der Waals surface area contributed by atoms with Gasteiger partial charge >= 0.3 is 0 Å². The Hall–Kier alpha value is 0.660. The summed E-state index contributed by atoms with van der Waals surface area (Å²) in [5.74, 6) is 0. The van der Waals surface area contributed by atoms with E-state index in [-0.39, 0.29) is 10.0 Å². The van der Waals surface area contributed by atoms with E-state index in [2.05, 4.69) is 31.9 Å². The Balaban J connectivity index is 2.42. The lowest BCUT2D eigenvalue weighted by molar-refractivity contribution is 0.175. The third kappa shape index (κ3) is 1.55. The lowest BCUT2D eigenvalue weighted by Gasteiger charge is -1.98. The highest BCUT2D eigenvalue weighted by Gasteiger charge is 2.11. The number of hydrogen-bond donors (Lipinski definition) is 0. The molecule has 1 aliphatic rings. The smallest absolute Gasteiger partial charge is 0.132 e. The molecule has 0 amide bonds. The molecule has 0 aromatic rings.